The molecule has 3 aliphatic rings. The first-order chi connectivity index (χ1) is 15.1. The number of rotatable bonds is 2. The lowest BCUT2D eigenvalue weighted by Gasteiger charge is -2.44. The molecule has 0 bridgehead atoms. The van der Waals surface area contributed by atoms with E-state index in [1.54, 1.807) is 0 Å². The maximum atomic E-state index is 13.4. The van der Waals surface area contributed by atoms with Gasteiger partial charge in [-0.15, -0.1) is 0 Å². The number of para-hydroxylation sites is 1. The second kappa shape index (κ2) is 6.69. The van der Waals surface area contributed by atoms with Gasteiger partial charge in [0.25, 0.3) is 5.91 Å². The first-order valence-electron chi connectivity index (χ1n) is 10.5. The van der Waals surface area contributed by atoms with Crippen molar-refractivity contribution < 1.29 is 9.53 Å². The molecule has 0 fully saturated rings. The average molecular weight is 474 g/mol. The van der Waals surface area contributed by atoms with Crippen LogP contribution in [0.15, 0.2) is 76.3 Å². The molecule has 1 spiro atoms. The number of halogens is 1. The predicted octanol–water partition coefficient (Wildman–Crippen LogP) is 5.36. The number of anilines is 1. The lowest BCUT2D eigenvalue weighted by atomic mass is 9.92. The topological polar surface area (TPSA) is 53.9 Å². The SMILES string of the molecule is CCc1ccc(C2=NN3[C@@H](C2)c2ccccc2O[C@]32C(=O)Nc3ccc(Br)cc32)cc1. The minimum atomic E-state index is -1.33. The summed E-state index contributed by atoms with van der Waals surface area (Å²) in [5.41, 5.74) is 4.58. The summed E-state index contributed by atoms with van der Waals surface area (Å²) in [4.78, 5) is 13.4. The van der Waals surface area contributed by atoms with Crippen LogP contribution in [0.4, 0.5) is 5.69 Å². The molecule has 6 heteroatoms. The molecule has 2 atom stereocenters. The number of benzene rings is 3. The van der Waals surface area contributed by atoms with Gasteiger partial charge in [-0.05, 0) is 41.8 Å². The molecule has 3 aromatic rings. The van der Waals surface area contributed by atoms with Crippen LogP contribution in [0.2, 0.25) is 0 Å². The van der Waals surface area contributed by atoms with Crippen molar-refractivity contribution in [3.05, 3.63) is 93.5 Å². The Labute approximate surface area is 188 Å². The standard InChI is InChI=1S/C25H20BrN3O2/c1-2-15-7-9-16(10-8-15)21-14-22-18-5-3-4-6-23(18)31-25(29(22)28-21)19-13-17(26)11-12-20(19)27-24(25)30/h3-13,22H,2,14H2,1H3,(H,27,30)/t22-,25+/m0/s1. The molecule has 3 heterocycles. The van der Waals surface area contributed by atoms with Gasteiger partial charge in [-0.2, -0.15) is 5.10 Å². The van der Waals surface area contributed by atoms with E-state index in [0.717, 1.165) is 44.7 Å². The van der Waals surface area contributed by atoms with Crippen LogP contribution in [0.1, 0.15) is 41.6 Å². The van der Waals surface area contributed by atoms with Crippen molar-refractivity contribution in [2.24, 2.45) is 5.10 Å². The minimum absolute atomic E-state index is 0.0820. The Morgan fingerprint density at radius 3 is 2.77 bits per heavy atom. The Morgan fingerprint density at radius 2 is 1.97 bits per heavy atom. The number of nitrogens with zero attached hydrogens (tertiary/aromatic N) is 2. The molecule has 5 nitrogen and oxygen atoms in total. The number of ether oxygens (including phenoxy) is 1. The predicted molar refractivity (Wildman–Crippen MR) is 123 cm³/mol. The zero-order chi connectivity index (χ0) is 21.2. The average Bonchev–Trinajstić information content (AvgIpc) is 3.35. The highest BCUT2D eigenvalue weighted by Gasteiger charge is 2.60. The van der Waals surface area contributed by atoms with Crippen molar-refractivity contribution >= 4 is 33.2 Å². The quantitative estimate of drug-likeness (QED) is 0.544. The first-order valence-corrected chi connectivity index (χ1v) is 11.2. The molecule has 6 rings (SSSR count). The van der Waals surface area contributed by atoms with Gasteiger partial charge in [0.15, 0.2) is 0 Å². The van der Waals surface area contributed by atoms with E-state index in [-0.39, 0.29) is 11.9 Å². The number of hydrogen-bond acceptors (Lipinski definition) is 4. The second-order valence-electron chi connectivity index (χ2n) is 8.09. The van der Waals surface area contributed by atoms with Gasteiger partial charge in [0, 0.05) is 16.5 Å². The van der Waals surface area contributed by atoms with Crippen molar-refractivity contribution in [3.8, 4) is 5.75 Å². The number of carbonyl (C=O) groups is 1. The van der Waals surface area contributed by atoms with Crippen LogP contribution in [0.5, 0.6) is 5.75 Å². The van der Waals surface area contributed by atoms with Gasteiger partial charge in [0.05, 0.1) is 23.0 Å². The van der Waals surface area contributed by atoms with E-state index < -0.39 is 5.72 Å². The summed E-state index contributed by atoms with van der Waals surface area (Å²) in [6.45, 7) is 2.15. The highest BCUT2D eigenvalue weighted by atomic mass is 79.9. The first kappa shape index (κ1) is 18.6. The van der Waals surface area contributed by atoms with E-state index in [0.29, 0.717) is 6.42 Å². The maximum Gasteiger partial charge on any atom is 0.306 e. The molecule has 0 aromatic heterocycles. The highest BCUT2D eigenvalue weighted by molar-refractivity contribution is 9.10. The number of aryl methyl sites for hydroxylation is 1. The molecule has 0 saturated heterocycles. The Kier molecular flexibility index (Phi) is 4.02. The van der Waals surface area contributed by atoms with Crippen LogP contribution in [-0.4, -0.2) is 16.6 Å². The van der Waals surface area contributed by atoms with Crippen molar-refractivity contribution in [3.63, 3.8) is 0 Å². The largest absolute Gasteiger partial charge is 0.453 e. The summed E-state index contributed by atoms with van der Waals surface area (Å²) >= 11 is 3.55. The molecule has 1 amide bonds. The number of amides is 1. The lowest BCUT2D eigenvalue weighted by molar-refractivity contribution is -0.161. The summed E-state index contributed by atoms with van der Waals surface area (Å²) in [6, 6.07) is 22.2. The zero-order valence-electron chi connectivity index (χ0n) is 16.9. The fourth-order valence-electron chi connectivity index (χ4n) is 4.77. The van der Waals surface area contributed by atoms with E-state index in [1.807, 2.05) is 41.4 Å². The third-order valence-electron chi connectivity index (χ3n) is 6.37. The van der Waals surface area contributed by atoms with E-state index in [2.05, 4.69) is 58.5 Å². The Morgan fingerprint density at radius 1 is 1.16 bits per heavy atom. The summed E-state index contributed by atoms with van der Waals surface area (Å²) in [6.07, 6.45) is 1.71. The molecule has 0 saturated carbocycles. The smallest absolute Gasteiger partial charge is 0.306 e. The van der Waals surface area contributed by atoms with Crippen molar-refractivity contribution in [1.29, 1.82) is 0 Å². The Balaban J connectivity index is 1.54. The molecular formula is C25H20BrN3O2. The van der Waals surface area contributed by atoms with E-state index in [1.165, 1.54) is 5.56 Å². The van der Waals surface area contributed by atoms with Crippen LogP contribution < -0.4 is 10.1 Å². The molecule has 1 N–H and O–H groups in total. The van der Waals surface area contributed by atoms with Gasteiger partial charge in [-0.1, -0.05) is 65.3 Å². The van der Waals surface area contributed by atoms with Crippen LogP contribution in [0.3, 0.4) is 0 Å². The normalized spacial score (nSPS) is 23.0. The molecule has 3 aliphatic heterocycles. The van der Waals surface area contributed by atoms with Crippen molar-refractivity contribution in [1.82, 2.24) is 5.01 Å². The molecule has 3 aromatic carbocycles. The molecule has 0 unspecified atom stereocenters. The molecule has 0 radical (unpaired) electrons. The fourth-order valence-corrected chi connectivity index (χ4v) is 5.13. The van der Waals surface area contributed by atoms with Gasteiger partial charge in [0.1, 0.15) is 5.75 Å². The van der Waals surface area contributed by atoms with Gasteiger partial charge < -0.3 is 10.1 Å². The van der Waals surface area contributed by atoms with E-state index in [4.69, 9.17) is 9.84 Å². The van der Waals surface area contributed by atoms with Crippen molar-refractivity contribution in [2.75, 3.05) is 5.32 Å². The minimum Gasteiger partial charge on any atom is -0.453 e. The highest BCUT2D eigenvalue weighted by Crippen LogP contribution is 2.54. The Bertz CT molecular complexity index is 1250. The van der Waals surface area contributed by atoms with Gasteiger partial charge in [-0.3, -0.25) is 4.79 Å². The molecule has 31 heavy (non-hydrogen) atoms. The number of nitrogens with one attached hydrogen (secondary N) is 1. The fraction of sp³-hybridized carbons (Fsp3) is 0.200. The number of carbonyl (C=O) groups excluding carboxylic acids is 1. The molecule has 0 aliphatic carbocycles. The monoisotopic (exact) mass is 473 g/mol. The summed E-state index contributed by atoms with van der Waals surface area (Å²) < 4.78 is 7.38. The van der Waals surface area contributed by atoms with Crippen molar-refractivity contribution in [2.45, 2.75) is 31.5 Å². The summed E-state index contributed by atoms with van der Waals surface area (Å²) in [5, 5.41) is 9.87. The third kappa shape index (κ3) is 2.61. The molecular weight excluding hydrogens is 454 g/mol. The zero-order valence-corrected chi connectivity index (χ0v) is 18.5. The lowest BCUT2D eigenvalue weighted by Crippen LogP contribution is -2.55. The van der Waals surface area contributed by atoms with Crippen LogP contribution in [-0.2, 0) is 16.9 Å². The van der Waals surface area contributed by atoms with E-state index >= 15 is 0 Å². The maximum absolute atomic E-state index is 13.4. The van der Waals surface area contributed by atoms with Crippen LogP contribution >= 0.6 is 15.9 Å². The molecule has 154 valence electrons. The summed E-state index contributed by atoms with van der Waals surface area (Å²) in [5.74, 6) is 0.510. The van der Waals surface area contributed by atoms with Crippen LogP contribution in [0, 0.1) is 0 Å². The van der Waals surface area contributed by atoms with Gasteiger partial charge in [0.2, 0.25) is 0 Å². The third-order valence-corrected chi connectivity index (χ3v) is 6.86. The Hall–Kier alpha value is -3.12. The van der Waals surface area contributed by atoms with Gasteiger partial charge >= 0.3 is 5.72 Å². The number of hydrazone groups is 1. The second-order valence-corrected chi connectivity index (χ2v) is 9.01. The number of hydrogen-bond donors (Lipinski definition) is 1. The summed E-state index contributed by atoms with van der Waals surface area (Å²) in [7, 11) is 0. The van der Waals surface area contributed by atoms with Crippen LogP contribution in [0.25, 0.3) is 0 Å². The number of fused-ring (bicyclic) bond motifs is 6. The van der Waals surface area contributed by atoms with E-state index in [9.17, 15) is 4.79 Å². The van der Waals surface area contributed by atoms with Gasteiger partial charge in [-0.25, -0.2) is 5.01 Å².